The Labute approximate surface area is 148 Å². The third-order valence-corrected chi connectivity index (χ3v) is 4.13. The molecule has 0 radical (unpaired) electrons. The number of halogens is 1. The van der Waals surface area contributed by atoms with Gasteiger partial charge in [0, 0.05) is 5.56 Å². The van der Waals surface area contributed by atoms with E-state index in [1.165, 1.54) is 44.6 Å². The fraction of sp³-hybridized carbons (Fsp3) is 0.158. The van der Waals surface area contributed by atoms with Gasteiger partial charge < -0.3 is 19.9 Å². The van der Waals surface area contributed by atoms with Crippen LogP contribution in [0.5, 0.6) is 11.5 Å². The minimum absolute atomic E-state index is 0.103. The summed E-state index contributed by atoms with van der Waals surface area (Å²) in [5.41, 5.74) is 0.663. The van der Waals surface area contributed by atoms with Gasteiger partial charge in [-0.3, -0.25) is 9.59 Å². The lowest BCUT2D eigenvalue weighted by Gasteiger charge is -2.14. The Kier molecular flexibility index (Phi) is 4.62. The highest BCUT2D eigenvalue weighted by molar-refractivity contribution is 6.46. The fourth-order valence-corrected chi connectivity index (χ4v) is 2.81. The first kappa shape index (κ1) is 17.5. The van der Waals surface area contributed by atoms with E-state index >= 15 is 0 Å². The summed E-state index contributed by atoms with van der Waals surface area (Å²) in [6.07, 6.45) is 0. The molecule has 1 saturated heterocycles. The second kappa shape index (κ2) is 6.87. The third-order valence-electron chi connectivity index (χ3n) is 4.13. The molecule has 1 atom stereocenters. The van der Waals surface area contributed by atoms with E-state index in [1.807, 2.05) is 0 Å². The standard InChI is InChI=1S/C19H16FNO5/c1-25-13-8-5-11(9-14(13)26-2)17(22)15-16(21-19(24)18(15)23)10-3-6-12(20)7-4-10/h3-9,16,22H,1-2H3,(H,21,24)/t16-/m1/s1. The number of carbonyl (C=O) groups is 2. The van der Waals surface area contributed by atoms with Crippen molar-refractivity contribution in [3.63, 3.8) is 0 Å². The lowest BCUT2D eigenvalue weighted by Crippen LogP contribution is -2.21. The van der Waals surface area contributed by atoms with Crippen LogP contribution in [-0.4, -0.2) is 31.0 Å². The average molecular weight is 357 g/mol. The van der Waals surface area contributed by atoms with Crippen LogP contribution in [0.2, 0.25) is 0 Å². The Bertz CT molecular complexity index is 905. The van der Waals surface area contributed by atoms with Crippen molar-refractivity contribution in [3.8, 4) is 11.5 Å². The Hall–Kier alpha value is -3.35. The lowest BCUT2D eigenvalue weighted by molar-refractivity contribution is -0.133. The maximum Gasteiger partial charge on any atom is 0.293 e. The van der Waals surface area contributed by atoms with Crippen molar-refractivity contribution in [2.24, 2.45) is 0 Å². The molecule has 0 aromatic heterocycles. The molecule has 26 heavy (non-hydrogen) atoms. The molecule has 1 amide bonds. The molecule has 0 saturated carbocycles. The number of benzene rings is 2. The Morgan fingerprint density at radius 3 is 2.31 bits per heavy atom. The van der Waals surface area contributed by atoms with E-state index in [2.05, 4.69) is 5.32 Å². The van der Waals surface area contributed by atoms with Gasteiger partial charge in [0.2, 0.25) is 0 Å². The molecule has 2 aromatic rings. The van der Waals surface area contributed by atoms with Crippen molar-refractivity contribution >= 4 is 17.4 Å². The van der Waals surface area contributed by atoms with Crippen molar-refractivity contribution in [2.75, 3.05) is 14.2 Å². The number of aliphatic hydroxyl groups is 1. The zero-order chi connectivity index (χ0) is 18.8. The van der Waals surface area contributed by atoms with E-state index in [4.69, 9.17) is 9.47 Å². The summed E-state index contributed by atoms with van der Waals surface area (Å²) in [5.74, 6) is -1.66. The minimum atomic E-state index is -0.872. The number of amides is 1. The SMILES string of the molecule is COc1ccc(C(O)=C2C(=O)C(=O)N[C@@H]2c2ccc(F)cc2)cc1OC. The van der Waals surface area contributed by atoms with Crippen LogP contribution in [0.3, 0.4) is 0 Å². The Morgan fingerprint density at radius 2 is 1.69 bits per heavy atom. The number of ether oxygens (including phenoxy) is 2. The van der Waals surface area contributed by atoms with Crippen molar-refractivity contribution in [2.45, 2.75) is 6.04 Å². The first-order valence-electron chi connectivity index (χ1n) is 7.72. The second-order valence-electron chi connectivity index (χ2n) is 5.62. The molecule has 1 fully saturated rings. The number of hydrogen-bond acceptors (Lipinski definition) is 5. The number of aliphatic hydroxyl groups excluding tert-OH is 1. The van der Waals surface area contributed by atoms with Gasteiger partial charge in [-0.15, -0.1) is 0 Å². The van der Waals surface area contributed by atoms with E-state index in [1.54, 1.807) is 12.1 Å². The molecule has 134 valence electrons. The van der Waals surface area contributed by atoms with Crippen LogP contribution in [0.1, 0.15) is 17.2 Å². The van der Waals surface area contributed by atoms with Crippen LogP contribution >= 0.6 is 0 Å². The number of ketones is 1. The van der Waals surface area contributed by atoms with E-state index in [-0.39, 0.29) is 16.9 Å². The smallest absolute Gasteiger partial charge is 0.293 e. The van der Waals surface area contributed by atoms with Crippen molar-refractivity contribution in [3.05, 3.63) is 65.0 Å². The van der Waals surface area contributed by atoms with Crippen LogP contribution in [-0.2, 0) is 9.59 Å². The summed E-state index contributed by atoms with van der Waals surface area (Å²) in [6.45, 7) is 0. The van der Waals surface area contributed by atoms with E-state index in [9.17, 15) is 19.1 Å². The normalized spacial score (nSPS) is 18.5. The third kappa shape index (κ3) is 2.99. The highest BCUT2D eigenvalue weighted by atomic mass is 19.1. The molecule has 2 aromatic carbocycles. The summed E-state index contributed by atoms with van der Waals surface area (Å²) in [6, 6.07) is 9.07. The predicted molar refractivity (Wildman–Crippen MR) is 91.4 cm³/mol. The molecule has 2 N–H and O–H groups in total. The largest absolute Gasteiger partial charge is 0.507 e. The zero-order valence-corrected chi connectivity index (χ0v) is 14.1. The van der Waals surface area contributed by atoms with Crippen molar-refractivity contribution < 1.29 is 28.6 Å². The summed E-state index contributed by atoms with van der Waals surface area (Å²) in [4.78, 5) is 24.2. The number of methoxy groups -OCH3 is 2. The number of carbonyl (C=O) groups excluding carboxylic acids is 2. The van der Waals surface area contributed by atoms with Gasteiger partial charge in [0.15, 0.2) is 11.5 Å². The van der Waals surface area contributed by atoms with Gasteiger partial charge in [0.05, 0.1) is 25.8 Å². The highest BCUT2D eigenvalue weighted by Gasteiger charge is 2.39. The van der Waals surface area contributed by atoms with Crippen molar-refractivity contribution in [1.29, 1.82) is 0 Å². The van der Waals surface area contributed by atoms with E-state index in [0.29, 0.717) is 17.1 Å². The molecule has 0 bridgehead atoms. The van der Waals surface area contributed by atoms with E-state index in [0.717, 1.165) is 0 Å². The van der Waals surface area contributed by atoms with Crippen molar-refractivity contribution in [1.82, 2.24) is 5.32 Å². The number of nitrogens with one attached hydrogen (secondary N) is 1. The van der Waals surface area contributed by atoms with E-state index < -0.39 is 23.5 Å². The van der Waals surface area contributed by atoms with Crippen LogP contribution < -0.4 is 14.8 Å². The van der Waals surface area contributed by atoms with Crippen LogP contribution in [0.4, 0.5) is 4.39 Å². The van der Waals surface area contributed by atoms with Crippen LogP contribution in [0.25, 0.3) is 5.76 Å². The molecule has 0 aliphatic carbocycles. The lowest BCUT2D eigenvalue weighted by atomic mass is 9.95. The topological polar surface area (TPSA) is 84.9 Å². The molecule has 6 nitrogen and oxygen atoms in total. The minimum Gasteiger partial charge on any atom is -0.507 e. The number of hydrogen-bond donors (Lipinski definition) is 2. The van der Waals surface area contributed by atoms with Gasteiger partial charge in [-0.25, -0.2) is 4.39 Å². The molecule has 0 spiro atoms. The number of rotatable bonds is 4. The van der Waals surface area contributed by atoms with Gasteiger partial charge in [-0.1, -0.05) is 12.1 Å². The first-order chi connectivity index (χ1) is 12.5. The number of Topliss-reactive ketones (excluding diaryl/α,β-unsaturated/α-hetero) is 1. The average Bonchev–Trinajstić information content (AvgIpc) is 2.96. The van der Waals surface area contributed by atoms with Gasteiger partial charge in [0.1, 0.15) is 11.6 Å². The summed E-state index contributed by atoms with van der Waals surface area (Å²) in [5, 5.41) is 13.2. The summed E-state index contributed by atoms with van der Waals surface area (Å²) < 4.78 is 23.5. The molecule has 3 rings (SSSR count). The van der Waals surface area contributed by atoms with Crippen LogP contribution in [0, 0.1) is 5.82 Å². The quantitative estimate of drug-likeness (QED) is 0.499. The molecule has 1 heterocycles. The predicted octanol–water partition coefficient (Wildman–Crippen LogP) is 2.55. The molecular formula is C19H16FNO5. The molecule has 7 heteroatoms. The highest BCUT2D eigenvalue weighted by Crippen LogP contribution is 2.35. The second-order valence-corrected chi connectivity index (χ2v) is 5.62. The maximum absolute atomic E-state index is 13.2. The Morgan fingerprint density at radius 1 is 1.04 bits per heavy atom. The van der Waals surface area contributed by atoms with Gasteiger partial charge in [-0.05, 0) is 35.9 Å². The molecule has 1 aliphatic rings. The monoisotopic (exact) mass is 357 g/mol. The first-order valence-corrected chi connectivity index (χ1v) is 7.72. The maximum atomic E-state index is 13.2. The van der Waals surface area contributed by atoms with Gasteiger partial charge >= 0.3 is 0 Å². The molecule has 1 aliphatic heterocycles. The fourth-order valence-electron chi connectivity index (χ4n) is 2.81. The van der Waals surface area contributed by atoms with Crippen LogP contribution in [0.15, 0.2) is 48.0 Å². The van der Waals surface area contributed by atoms with Gasteiger partial charge in [0.25, 0.3) is 11.7 Å². The Balaban J connectivity index is 2.11. The molecule has 0 unspecified atom stereocenters. The van der Waals surface area contributed by atoms with Gasteiger partial charge in [-0.2, -0.15) is 0 Å². The summed E-state index contributed by atoms with van der Waals surface area (Å²) >= 11 is 0. The zero-order valence-electron chi connectivity index (χ0n) is 14.1. The molecular weight excluding hydrogens is 341 g/mol. The summed E-state index contributed by atoms with van der Waals surface area (Å²) in [7, 11) is 2.92.